The number of carbonyl (C=O) groups excluding carboxylic acids is 2. The molecule has 0 unspecified atom stereocenters. The highest BCUT2D eigenvalue weighted by atomic mass is 35.5. The molecule has 0 aliphatic carbocycles. The molecule has 156 valence electrons. The first-order chi connectivity index (χ1) is 13.7. The highest BCUT2D eigenvalue weighted by Crippen LogP contribution is 2.26. The van der Waals surface area contributed by atoms with Gasteiger partial charge in [-0.2, -0.15) is 0 Å². The number of hydrogen-bond donors (Lipinski definition) is 1. The van der Waals surface area contributed by atoms with Gasteiger partial charge in [0.2, 0.25) is 5.91 Å². The molecule has 2 aromatic carbocycles. The number of rotatable bonds is 8. The molecule has 7 heteroatoms. The molecule has 0 aromatic heterocycles. The van der Waals surface area contributed by atoms with Crippen LogP contribution in [-0.4, -0.2) is 36.4 Å². The van der Waals surface area contributed by atoms with Crippen LogP contribution in [-0.2, 0) is 16.1 Å². The van der Waals surface area contributed by atoms with Gasteiger partial charge in [0.1, 0.15) is 11.8 Å². The normalized spacial score (nSPS) is 11.8. The van der Waals surface area contributed by atoms with E-state index in [1.165, 1.54) is 17.5 Å². The van der Waals surface area contributed by atoms with Gasteiger partial charge in [0.15, 0.2) is 6.61 Å². The van der Waals surface area contributed by atoms with Crippen LogP contribution in [0.15, 0.2) is 42.5 Å². The number of halogens is 2. The van der Waals surface area contributed by atoms with Crippen LogP contribution in [0.3, 0.4) is 0 Å². The first-order valence-corrected chi connectivity index (χ1v) is 10.2. The summed E-state index contributed by atoms with van der Waals surface area (Å²) in [5.41, 5.74) is 1.77. The van der Waals surface area contributed by atoms with Crippen molar-refractivity contribution in [1.29, 1.82) is 0 Å². The third-order valence-electron chi connectivity index (χ3n) is 4.71. The average Bonchev–Trinajstić information content (AvgIpc) is 2.71. The molecule has 0 aliphatic rings. The van der Waals surface area contributed by atoms with Crippen LogP contribution in [0.4, 0.5) is 0 Å². The maximum absolute atomic E-state index is 12.9. The van der Waals surface area contributed by atoms with Gasteiger partial charge in [0.25, 0.3) is 5.91 Å². The van der Waals surface area contributed by atoms with Crippen LogP contribution in [0.1, 0.15) is 37.8 Å². The number of nitrogens with one attached hydrogen (secondary N) is 1. The van der Waals surface area contributed by atoms with Gasteiger partial charge in [-0.05, 0) is 42.7 Å². The molecule has 1 atom stereocenters. The van der Waals surface area contributed by atoms with Crippen LogP contribution in [0.5, 0.6) is 5.75 Å². The molecular formula is C22H26Cl2N2O3. The quantitative estimate of drug-likeness (QED) is 0.654. The Morgan fingerprint density at radius 1 is 1.03 bits per heavy atom. The van der Waals surface area contributed by atoms with Crippen molar-refractivity contribution >= 4 is 35.0 Å². The summed E-state index contributed by atoms with van der Waals surface area (Å²) in [6, 6.07) is 12.0. The summed E-state index contributed by atoms with van der Waals surface area (Å²) in [6.45, 7) is 5.76. The minimum Gasteiger partial charge on any atom is -0.484 e. The van der Waals surface area contributed by atoms with Gasteiger partial charge in [-0.25, -0.2) is 0 Å². The summed E-state index contributed by atoms with van der Waals surface area (Å²) in [4.78, 5) is 26.5. The summed E-state index contributed by atoms with van der Waals surface area (Å²) < 4.78 is 5.66. The molecule has 2 rings (SSSR count). The summed E-state index contributed by atoms with van der Waals surface area (Å²) in [7, 11) is 1.52. The van der Waals surface area contributed by atoms with Gasteiger partial charge in [-0.1, -0.05) is 55.2 Å². The molecule has 0 aliphatic heterocycles. The van der Waals surface area contributed by atoms with Crippen LogP contribution < -0.4 is 10.1 Å². The third kappa shape index (κ3) is 6.12. The first-order valence-electron chi connectivity index (χ1n) is 9.41. The standard InChI is InChI=1S/C22H26Cl2N2O3/c1-14(2)16-8-10-17(11-9-16)29-13-21(27)26(15(3)22(28)25-4)12-18-19(23)6-5-7-20(18)24/h5-11,14-15H,12-13H2,1-4H3,(H,25,28)/t15-/m1/s1. The van der Waals surface area contributed by atoms with Gasteiger partial charge in [-0.3, -0.25) is 9.59 Å². The zero-order valence-electron chi connectivity index (χ0n) is 17.0. The van der Waals surface area contributed by atoms with Gasteiger partial charge in [0.05, 0.1) is 0 Å². The Morgan fingerprint density at radius 2 is 1.62 bits per heavy atom. The van der Waals surface area contributed by atoms with Gasteiger partial charge in [-0.15, -0.1) is 0 Å². The van der Waals surface area contributed by atoms with E-state index in [1.807, 2.05) is 24.3 Å². The third-order valence-corrected chi connectivity index (χ3v) is 5.42. The summed E-state index contributed by atoms with van der Waals surface area (Å²) in [5, 5.41) is 3.44. The number of ether oxygens (including phenoxy) is 1. The largest absolute Gasteiger partial charge is 0.484 e. The molecule has 0 spiro atoms. The lowest BCUT2D eigenvalue weighted by molar-refractivity contribution is -0.142. The molecule has 2 amide bonds. The van der Waals surface area contributed by atoms with E-state index < -0.39 is 6.04 Å². The number of nitrogens with zero attached hydrogens (tertiary/aromatic N) is 1. The van der Waals surface area contributed by atoms with Crippen molar-refractivity contribution in [3.63, 3.8) is 0 Å². The van der Waals surface area contributed by atoms with Crippen molar-refractivity contribution in [3.8, 4) is 5.75 Å². The highest BCUT2D eigenvalue weighted by molar-refractivity contribution is 6.36. The van der Waals surface area contributed by atoms with Crippen molar-refractivity contribution < 1.29 is 14.3 Å². The highest BCUT2D eigenvalue weighted by Gasteiger charge is 2.27. The molecule has 0 saturated heterocycles. The summed E-state index contributed by atoms with van der Waals surface area (Å²) >= 11 is 12.5. The zero-order valence-corrected chi connectivity index (χ0v) is 18.6. The molecular weight excluding hydrogens is 411 g/mol. The smallest absolute Gasteiger partial charge is 0.261 e. The molecule has 2 aromatic rings. The van der Waals surface area contributed by atoms with Gasteiger partial charge >= 0.3 is 0 Å². The molecule has 5 nitrogen and oxygen atoms in total. The predicted octanol–water partition coefficient (Wildman–Crippen LogP) is 4.66. The lowest BCUT2D eigenvalue weighted by Gasteiger charge is -2.29. The molecule has 0 saturated carbocycles. The topological polar surface area (TPSA) is 58.6 Å². The van der Waals surface area contributed by atoms with Crippen LogP contribution in [0.25, 0.3) is 0 Å². The SMILES string of the molecule is CNC(=O)[C@@H](C)N(Cc1c(Cl)cccc1Cl)C(=O)COc1ccc(C(C)C)cc1. The van der Waals surface area contributed by atoms with Gasteiger partial charge < -0.3 is 15.0 Å². The Labute approximate surface area is 181 Å². The first kappa shape index (κ1) is 23.0. The minimum atomic E-state index is -0.716. The van der Waals surface area contributed by atoms with Crippen molar-refractivity contribution in [2.45, 2.75) is 39.3 Å². The molecule has 0 fully saturated rings. The van der Waals surface area contributed by atoms with Crippen LogP contribution >= 0.6 is 23.2 Å². The Kier molecular flexibility index (Phi) is 8.35. The van der Waals surface area contributed by atoms with Crippen molar-refractivity contribution in [2.24, 2.45) is 0 Å². The van der Waals surface area contributed by atoms with Crippen LogP contribution in [0.2, 0.25) is 10.0 Å². The average molecular weight is 437 g/mol. The number of amides is 2. The second-order valence-electron chi connectivity index (χ2n) is 7.02. The number of carbonyl (C=O) groups is 2. The molecule has 0 bridgehead atoms. The monoisotopic (exact) mass is 436 g/mol. The fraction of sp³-hybridized carbons (Fsp3) is 0.364. The van der Waals surface area contributed by atoms with Gasteiger partial charge in [0, 0.05) is 29.2 Å². The van der Waals surface area contributed by atoms with E-state index in [0.29, 0.717) is 27.3 Å². The van der Waals surface area contributed by atoms with Crippen molar-refractivity contribution in [1.82, 2.24) is 10.2 Å². The van der Waals surface area contributed by atoms with Crippen molar-refractivity contribution in [3.05, 3.63) is 63.6 Å². The number of benzene rings is 2. The maximum atomic E-state index is 12.9. The number of likely N-dealkylation sites (N-methyl/N-ethyl adjacent to an activating group) is 1. The number of hydrogen-bond acceptors (Lipinski definition) is 3. The van der Waals surface area contributed by atoms with E-state index in [2.05, 4.69) is 19.2 Å². The Balaban J connectivity index is 2.17. The molecule has 1 N–H and O–H groups in total. The van der Waals surface area contributed by atoms with E-state index in [1.54, 1.807) is 25.1 Å². The summed E-state index contributed by atoms with van der Waals surface area (Å²) in [6.07, 6.45) is 0. The lowest BCUT2D eigenvalue weighted by atomic mass is 10.0. The molecule has 0 heterocycles. The van der Waals surface area contributed by atoms with E-state index in [-0.39, 0.29) is 25.0 Å². The fourth-order valence-corrected chi connectivity index (χ4v) is 3.34. The zero-order chi connectivity index (χ0) is 21.6. The lowest BCUT2D eigenvalue weighted by Crippen LogP contribution is -2.48. The van der Waals surface area contributed by atoms with E-state index in [9.17, 15) is 9.59 Å². The van der Waals surface area contributed by atoms with E-state index in [0.717, 1.165) is 0 Å². The second-order valence-corrected chi connectivity index (χ2v) is 7.84. The molecule has 0 radical (unpaired) electrons. The second kappa shape index (κ2) is 10.5. The maximum Gasteiger partial charge on any atom is 0.261 e. The van der Waals surface area contributed by atoms with Crippen molar-refractivity contribution in [2.75, 3.05) is 13.7 Å². The minimum absolute atomic E-state index is 0.0988. The summed E-state index contributed by atoms with van der Waals surface area (Å²) in [5.74, 6) is 0.369. The Bertz CT molecular complexity index is 833. The fourth-order valence-electron chi connectivity index (χ4n) is 2.82. The van der Waals surface area contributed by atoms with E-state index >= 15 is 0 Å². The Morgan fingerprint density at radius 3 is 2.14 bits per heavy atom. The predicted molar refractivity (Wildman–Crippen MR) is 117 cm³/mol. The van der Waals surface area contributed by atoms with Crippen LogP contribution in [0, 0.1) is 0 Å². The molecule has 29 heavy (non-hydrogen) atoms. The van der Waals surface area contributed by atoms with E-state index in [4.69, 9.17) is 27.9 Å². The Hall–Kier alpha value is -2.24.